The van der Waals surface area contributed by atoms with E-state index in [9.17, 15) is 13.2 Å². The SMILES string of the molecule is CC.CCOc1ccc(Cl)cc1P.Nc1ccc(C(F)(F)F)cc1. The molecule has 0 bridgehead atoms. The average Bonchev–Trinajstić information content (AvgIpc) is 2.52. The van der Waals surface area contributed by atoms with Crippen molar-refractivity contribution >= 4 is 31.8 Å². The summed E-state index contributed by atoms with van der Waals surface area (Å²) in [5.41, 5.74) is 4.86. The zero-order valence-corrected chi connectivity index (χ0v) is 15.7. The van der Waals surface area contributed by atoms with Gasteiger partial charge in [0.05, 0.1) is 12.2 Å². The summed E-state index contributed by atoms with van der Waals surface area (Å²) in [6.07, 6.45) is -4.27. The van der Waals surface area contributed by atoms with Crippen LogP contribution in [0.1, 0.15) is 26.3 Å². The average molecular weight is 380 g/mol. The summed E-state index contributed by atoms with van der Waals surface area (Å²) in [6, 6.07) is 9.90. The maximum absolute atomic E-state index is 11.9. The summed E-state index contributed by atoms with van der Waals surface area (Å²) in [6.45, 7) is 6.64. The minimum Gasteiger partial charge on any atom is -0.493 e. The van der Waals surface area contributed by atoms with Crippen LogP contribution in [0.3, 0.4) is 0 Å². The van der Waals surface area contributed by atoms with Crippen LogP contribution in [0, 0.1) is 0 Å². The van der Waals surface area contributed by atoms with Gasteiger partial charge < -0.3 is 10.5 Å². The summed E-state index contributed by atoms with van der Waals surface area (Å²) in [5, 5.41) is 1.73. The van der Waals surface area contributed by atoms with E-state index in [1.807, 2.05) is 39.0 Å². The lowest BCUT2D eigenvalue weighted by Gasteiger charge is -2.05. The number of rotatable bonds is 2. The highest BCUT2D eigenvalue weighted by Gasteiger charge is 2.29. The zero-order chi connectivity index (χ0) is 18.8. The van der Waals surface area contributed by atoms with Crippen LogP contribution < -0.4 is 15.8 Å². The third kappa shape index (κ3) is 8.42. The minimum absolute atomic E-state index is 0.331. The Morgan fingerprint density at radius 3 is 2.04 bits per heavy atom. The molecule has 0 radical (unpaired) electrons. The molecule has 2 aromatic carbocycles. The molecule has 0 aromatic heterocycles. The summed E-state index contributed by atoms with van der Waals surface area (Å²) < 4.78 is 40.9. The van der Waals surface area contributed by atoms with E-state index in [4.69, 9.17) is 22.1 Å². The molecule has 7 heteroatoms. The molecular formula is C17H22ClF3NOP. The number of hydrogen-bond acceptors (Lipinski definition) is 2. The van der Waals surface area contributed by atoms with E-state index in [-0.39, 0.29) is 0 Å². The molecule has 2 aromatic rings. The number of anilines is 1. The second-order valence-corrected chi connectivity index (χ2v) is 5.29. The number of alkyl halides is 3. The fourth-order valence-corrected chi connectivity index (χ4v) is 2.12. The summed E-state index contributed by atoms with van der Waals surface area (Å²) in [7, 11) is 2.59. The van der Waals surface area contributed by atoms with Crippen LogP contribution >= 0.6 is 20.8 Å². The number of benzene rings is 2. The topological polar surface area (TPSA) is 35.2 Å². The van der Waals surface area contributed by atoms with Gasteiger partial charge in [0.1, 0.15) is 5.75 Å². The Balaban J connectivity index is 0.000000400. The summed E-state index contributed by atoms with van der Waals surface area (Å²) in [5.74, 6) is 0.877. The van der Waals surface area contributed by atoms with Crippen molar-refractivity contribution in [2.75, 3.05) is 12.3 Å². The van der Waals surface area contributed by atoms with Gasteiger partial charge in [-0.2, -0.15) is 13.2 Å². The maximum atomic E-state index is 11.9. The highest BCUT2D eigenvalue weighted by Crippen LogP contribution is 2.29. The first kappa shape index (κ1) is 22.6. The Morgan fingerprint density at radius 1 is 1.08 bits per heavy atom. The third-order valence-corrected chi connectivity index (χ3v) is 3.20. The van der Waals surface area contributed by atoms with Crippen LogP contribution in [0.5, 0.6) is 5.75 Å². The van der Waals surface area contributed by atoms with E-state index >= 15 is 0 Å². The first-order valence-electron chi connectivity index (χ1n) is 7.34. The number of nitrogens with two attached hydrogens (primary N) is 1. The van der Waals surface area contributed by atoms with Crippen LogP contribution in [0.15, 0.2) is 42.5 Å². The van der Waals surface area contributed by atoms with Crippen molar-refractivity contribution in [2.45, 2.75) is 26.9 Å². The van der Waals surface area contributed by atoms with Crippen LogP contribution in [0.2, 0.25) is 5.02 Å². The normalized spacial score (nSPS) is 10.0. The van der Waals surface area contributed by atoms with Gasteiger partial charge in [-0.15, -0.1) is 9.24 Å². The Bertz CT molecular complexity index is 604. The summed E-state index contributed by atoms with van der Waals surface area (Å²) >= 11 is 5.75. The van der Waals surface area contributed by atoms with Crippen LogP contribution in [-0.4, -0.2) is 6.61 Å². The Hall–Kier alpha value is -1.45. The molecule has 0 saturated heterocycles. The molecule has 0 aliphatic carbocycles. The monoisotopic (exact) mass is 379 g/mol. The molecule has 0 heterocycles. The van der Waals surface area contributed by atoms with Gasteiger partial charge in [0.2, 0.25) is 0 Å². The van der Waals surface area contributed by atoms with E-state index in [0.29, 0.717) is 12.3 Å². The standard InChI is InChI=1S/C8H10ClOP.C7H6F3N.C2H6/c1-2-10-7-4-3-6(9)5-8(7)11;8-7(9,10)5-1-3-6(11)4-2-5;1-2/h3-5H,2,11H2,1H3;1-4H,11H2;1-2H3. The Morgan fingerprint density at radius 2 is 1.62 bits per heavy atom. The highest BCUT2D eigenvalue weighted by atomic mass is 35.5. The highest BCUT2D eigenvalue weighted by molar-refractivity contribution is 7.27. The number of halogens is 4. The molecule has 0 spiro atoms. The molecule has 0 saturated carbocycles. The van der Waals surface area contributed by atoms with Gasteiger partial charge in [-0.25, -0.2) is 0 Å². The van der Waals surface area contributed by atoms with E-state index in [1.54, 1.807) is 0 Å². The van der Waals surface area contributed by atoms with Gasteiger partial charge in [-0.3, -0.25) is 0 Å². The maximum Gasteiger partial charge on any atom is 0.416 e. The molecule has 0 amide bonds. The minimum atomic E-state index is -4.27. The summed E-state index contributed by atoms with van der Waals surface area (Å²) in [4.78, 5) is 0. The molecule has 0 fully saturated rings. The predicted octanol–water partition coefficient (Wildman–Crippen LogP) is 5.55. The molecule has 2 rings (SSSR count). The van der Waals surface area contributed by atoms with Crippen molar-refractivity contribution < 1.29 is 17.9 Å². The Labute approximate surface area is 148 Å². The quantitative estimate of drug-likeness (QED) is 0.548. The predicted molar refractivity (Wildman–Crippen MR) is 99.2 cm³/mol. The first-order valence-corrected chi connectivity index (χ1v) is 8.30. The molecular weight excluding hydrogens is 358 g/mol. The lowest BCUT2D eigenvalue weighted by atomic mass is 10.2. The number of nitrogen functional groups attached to an aromatic ring is 1. The van der Waals surface area contributed by atoms with Crippen molar-refractivity contribution in [1.29, 1.82) is 0 Å². The first-order chi connectivity index (χ1) is 11.2. The van der Waals surface area contributed by atoms with Gasteiger partial charge in [0.25, 0.3) is 0 Å². The van der Waals surface area contributed by atoms with Crippen LogP contribution in [0.4, 0.5) is 18.9 Å². The van der Waals surface area contributed by atoms with Crippen molar-refractivity contribution in [2.24, 2.45) is 0 Å². The second-order valence-electron chi connectivity index (χ2n) is 4.23. The van der Waals surface area contributed by atoms with Crippen LogP contribution in [-0.2, 0) is 6.18 Å². The molecule has 134 valence electrons. The molecule has 1 atom stereocenters. The number of hydrogen-bond donors (Lipinski definition) is 1. The van der Waals surface area contributed by atoms with Gasteiger partial charge >= 0.3 is 6.18 Å². The molecule has 0 aliphatic rings. The Kier molecular flexibility index (Phi) is 10.5. The fraction of sp³-hybridized carbons (Fsp3) is 0.294. The van der Waals surface area contributed by atoms with Gasteiger partial charge in [-0.05, 0) is 49.4 Å². The molecule has 0 aliphatic heterocycles. The van der Waals surface area contributed by atoms with E-state index in [2.05, 4.69) is 9.24 Å². The van der Waals surface area contributed by atoms with Gasteiger partial charge in [-0.1, -0.05) is 25.4 Å². The fourth-order valence-electron chi connectivity index (χ4n) is 1.48. The van der Waals surface area contributed by atoms with Crippen molar-refractivity contribution in [3.05, 3.63) is 53.1 Å². The molecule has 2 N–H and O–H groups in total. The van der Waals surface area contributed by atoms with Crippen LogP contribution in [0.25, 0.3) is 0 Å². The zero-order valence-electron chi connectivity index (χ0n) is 13.8. The molecule has 24 heavy (non-hydrogen) atoms. The van der Waals surface area contributed by atoms with E-state index in [0.717, 1.165) is 28.2 Å². The lowest BCUT2D eigenvalue weighted by molar-refractivity contribution is -0.137. The molecule has 2 nitrogen and oxygen atoms in total. The van der Waals surface area contributed by atoms with E-state index in [1.165, 1.54) is 12.1 Å². The van der Waals surface area contributed by atoms with Crippen molar-refractivity contribution in [3.63, 3.8) is 0 Å². The smallest absolute Gasteiger partial charge is 0.416 e. The largest absolute Gasteiger partial charge is 0.493 e. The van der Waals surface area contributed by atoms with Crippen molar-refractivity contribution in [3.8, 4) is 5.75 Å². The lowest BCUT2D eigenvalue weighted by Crippen LogP contribution is -2.04. The second kappa shape index (κ2) is 11.2. The molecule has 1 unspecified atom stereocenters. The van der Waals surface area contributed by atoms with Gasteiger partial charge in [0, 0.05) is 16.0 Å². The van der Waals surface area contributed by atoms with Gasteiger partial charge in [0.15, 0.2) is 0 Å². The third-order valence-electron chi connectivity index (χ3n) is 2.51. The van der Waals surface area contributed by atoms with Crippen molar-refractivity contribution in [1.82, 2.24) is 0 Å². The van der Waals surface area contributed by atoms with E-state index < -0.39 is 11.7 Å². The number of ether oxygens (including phenoxy) is 1.